The fraction of sp³-hybridized carbons (Fsp3) is 0.909. The van der Waals surface area contributed by atoms with Crippen LogP contribution in [0.25, 0.3) is 0 Å². The molecular weight excluding hydrogens is 192 g/mol. The Balaban J connectivity index is 2.22. The van der Waals surface area contributed by atoms with Gasteiger partial charge in [0.15, 0.2) is 0 Å². The van der Waals surface area contributed by atoms with Crippen LogP contribution in [0.15, 0.2) is 0 Å². The van der Waals surface area contributed by atoms with Gasteiger partial charge in [0, 0.05) is 39.2 Å². The molecule has 0 spiro atoms. The van der Waals surface area contributed by atoms with Crippen LogP contribution in [0.3, 0.4) is 0 Å². The Bertz CT molecular complexity index is 201. The number of nitrogens with one attached hydrogen (secondary N) is 1. The van der Waals surface area contributed by atoms with Crippen LogP contribution in [0, 0.1) is 0 Å². The molecule has 2 atom stereocenters. The van der Waals surface area contributed by atoms with Gasteiger partial charge in [0.25, 0.3) is 0 Å². The second kappa shape index (κ2) is 6.08. The van der Waals surface area contributed by atoms with E-state index in [-0.39, 0.29) is 11.9 Å². The number of carbonyl (C=O) groups excluding carboxylic acids is 1. The van der Waals surface area contributed by atoms with Crippen molar-refractivity contribution in [1.29, 1.82) is 0 Å². The second-order valence-electron chi connectivity index (χ2n) is 4.47. The van der Waals surface area contributed by atoms with Crippen molar-refractivity contribution in [3.05, 3.63) is 0 Å². The summed E-state index contributed by atoms with van der Waals surface area (Å²) in [6.07, 6.45) is 2.83. The van der Waals surface area contributed by atoms with E-state index in [0.717, 1.165) is 26.1 Å². The standard InChI is InChI=1S/C11H22N2O2/c1-9(7-11(14)13(2)3)12-10-5-4-6-15-8-10/h9-10,12H,4-8H2,1-3H3. The lowest BCUT2D eigenvalue weighted by Crippen LogP contribution is -2.43. The molecule has 4 nitrogen and oxygen atoms in total. The Hall–Kier alpha value is -0.610. The number of hydrogen-bond acceptors (Lipinski definition) is 3. The quantitative estimate of drug-likeness (QED) is 0.746. The number of rotatable bonds is 4. The molecule has 1 fully saturated rings. The number of ether oxygens (including phenoxy) is 1. The van der Waals surface area contributed by atoms with Gasteiger partial charge in [0.2, 0.25) is 5.91 Å². The number of nitrogens with zero attached hydrogens (tertiary/aromatic N) is 1. The van der Waals surface area contributed by atoms with Crippen molar-refractivity contribution in [2.75, 3.05) is 27.3 Å². The maximum Gasteiger partial charge on any atom is 0.223 e. The van der Waals surface area contributed by atoms with E-state index in [9.17, 15) is 4.79 Å². The highest BCUT2D eigenvalue weighted by Gasteiger charge is 2.17. The number of carbonyl (C=O) groups is 1. The van der Waals surface area contributed by atoms with Crippen LogP contribution < -0.4 is 5.32 Å². The highest BCUT2D eigenvalue weighted by molar-refractivity contribution is 5.76. The predicted octanol–water partition coefficient (Wildman–Crippen LogP) is 0.622. The average molecular weight is 214 g/mol. The SMILES string of the molecule is CC(CC(=O)N(C)C)NC1CCCOC1. The van der Waals surface area contributed by atoms with Crippen LogP contribution in [-0.2, 0) is 9.53 Å². The molecule has 1 aliphatic heterocycles. The van der Waals surface area contributed by atoms with Gasteiger partial charge < -0.3 is 15.0 Å². The molecule has 1 aliphatic rings. The first-order valence-electron chi connectivity index (χ1n) is 5.63. The molecule has 1 rings (SSSR count). The average Bonchev–Trinajstić information content (AvgIpc) is 2.18. The fourth-order valence-electron chi connectivity index (χ4n) is 1.78. The summed E-state index contributed by atoms with van der Waals surface area (Å²) >= 11 is 0. The molecule has 2 unspecified atom stereocenters. The highest BCUT2D eigenvalue weighted by atomic mass is 16.5. The zero-order valence-electron chi connectivity index (χ0n) is 9.95. The van der Waals surface area contributed by atoms with Crippen LogP contribution in [-0.4, -0.2) is 50.2 Å². The molecule has 0 bridgehead atoms. The highest BCUT2D eigenvalue weighted by Crippen LogP contribution is 2.07. The van der Waals surface area contributed by atoms with Crippen LogP contribution in [0.4, 0.5) is 0 Å². The Labute approximate surface area is 92.0 Å². The molecule has 1 saturated heterocycles. The van der Waals surface area contributed by atoms with Crippen molar-refractivity contribution >= 4 is 5.91 Å². The Kier molecular flexibility index (Phi) is 5.05. The number of hydrogen-bond donors (Lipinski definition) is 1. The summed E-state index contributed by atoms with van der Waals surface area (Å²) in [7, 11) is 3.58. The van der Waals surface area contributed by atoms with E-state index in [2.05, 4.69) is 12.2 Å². The Morgan fingerprint density at radius 1 is 1.60 bits per heavy atom. The van der Waals surface area contributed by atoms with Gasteiger partial charge in [0.05, 0.1) is 6.61 Å². The molecule has 0 aromatic carbocycles. The monoisotopic (exact) mass is 214 g/mol. The van der Waals surface area contributed by atoms with E-state index >= 15 is 0 Å². The minimum atomic E-state index is 0.173. The van der Waals surface area contributed by atoms with Crippen molar-refractivity contribution in [1.82, 2.24) is 10.2 Å². The summed E-state index contributed by atoms with van der Waals surface area (Å²) < 4.78 is 5.38. The van der Waals surface area contributed by atoms with Crippen molar-refractivity contribution in [2.45, 2.75) is 38.3 Å². The van der Waals surface area contributed by atoms with Crippen molar-refractivity contribution in [3.63, 3.8) is 0 Å². The third-order valence-electron chi connectivity index (χ3n) is 2.66. The molecule has 4 heteroatoms. The fourth-order valence-corrected chi connectivity index (χ4v) is 1.78. The summed E-state index contributed by atoms with van der Waals surface area (Å²) in [6.45, 7) is 3.71. The zero-order valence-corrected chi connectivity index (χ0v) is 9.95. The van der Waals surface area contributed by atoms with E-state index in [1.54, 1.807) is 19.0 Å². The van der Waals surface area contributed by atoms with Gasteiger partial charge in [-0.05, 0) is 19.8 Å². The van der Waals surface area contributed by atoms with E-state index in [0.29, 0.717) is 12.5 Å². The normalized spacial score (nSPS) is 23.5. The summed E-state index contributed by atoms with van der Waals surface area (Å²) in [4.78, 5) is 13.1. The van der Waals surface area contributed by atoms with Crippen LogP contribution in [0.5, 0.6) is 0 Å². The van der Waals surface area contributed by atoms with Gasteiger partial charge in [-0.15, -0.1) is 0 Å². The number of amides is 1. The summed E-state index contributed by atoms with van der Waals surface area (Å²) in [5, 5.41) is 3.43. The Morgan fingerprint density at radius 2 is 2.33 bits per heavy atom. The van der Waals surface area contributed by atoms with Crippen molar-refractivity contribution in [3.8, 4) is 0 Å². The third kappa shape index (κ3) is 4.62. The lowest BCUT2D eigenvalue weighted by atomic mass is 10.1. The summed E-state index contributed by atoms with van der Waals surface area (Å²) in [5.41, 5.74) is 0. The maximum atomic E-state index is 11.4. The van der Waals surface area contributed by atoms with Crippen molar-refractivity contribution < 1.29 is 9.53 Å². The molecule has 0 aliphatic carbocycles. The molecule has 1 N–H and O–H groups in total. The molecular formula is C11H22N2O2. The molecule has 0 aromatic heterocycles. The lowest BCUT2D eigenvalue weighted by Gasteiger charge is -2.27. The minimum Gasteiger partial charge on any atom is -0.380 e. The molecule has 1 amide bonds. The second-order valence-corrected chi connectivity index (χ2v) is 4.47. The molecule has 88 valence electrons. The van der Waals surface area contributed by atoms with Crippen LogP contribution in [0.2, 0.25) is 0 Å². The van der Waals surface area contributed by atoms with Gasteiger partial charge in [-0.3, -0.25) is 4.79 Å². The maximum absolute atomic E-state index is 11.4. The summed E-state index contributed by atoms with van der Waals surface area (Å²) in [5.74, 6) is 0.173. The topological polar surface area (TPSA) is 41.6 Å². The van der Waals surface area contributed by atoms with Gasteiger partial charge in [0.1, 0.15) is 0 Å². The van der Waals surface area contributed by atoms with Gasteiger partial charge >= 0.3 is 0 Å². The molecule has 15 heavy (non-hydrogen) atoms. The molecule has 1 heterocycles. The zero-order chi connectivity index (χ0) is 11.3. The van der Waals surface area contributed by atoms with E-state index < -0.39 is 0 Å². The first-order valence-corrected chi connectivity index (χ1v) is 5.63. The van der Waals surface area contributed by atoms with Gasteiger partial charge in [-0.1, -0.05) is 0 Å². The lowest BCUT2D eigenvalue weighted by molar-refractivity contribution is -0.129. The first-order chi connectivity index (χ1) is 7.09. The Morgan fingerprint density at radius 3 is 2.87 bits per heavy atom. The first kappa shape index (κ1) is 12.5. The molecule has 0 radical (unpaired) electrons. The summed E-state index contributed by atoms with van der Waals surface area (Å²) in [6, 6.07) is 0.648. The smallest absolute Gasteiger partial charge is 0.223 e. The molecule has 0 saturated carbocycles. The van der Waals surface area contributed by atoms with Crippen molar-refractivity contribution in [2.24, 2.45) is 0 Å². The van der Waals surface area contributed by atoms with Gasteiger partial charge in [-0.25, -0.2) is 0 Å². The van der Waals surface area contributed by atoms with E-state index in [1.165, 1.54) is 0 Å². The van der Waals surface area contributed by atoms with Crippen LogP contribution >= 0.6 is 0 Å². The largest absolute Gasteiger partial charge is 0.380 e. The molecule has 0 aromatic rings. The van der Waals surface area contributed by atoms with E-state index in [1.807, 2.05) is 0 Å². The van der Waals surface area contributed by atoms with Crippen LogP contribution in [0.1, 0.15) is 26.2 Å². The minimum absolute atomic E-state index is 0.173. The predicted molar refractivity (Wildman–Crippen MR) is 59.7 cm³/mol. The van der Waals surface area contributed by atoms with Gasteiger partial charge in [-0.2, -0.15) is 0 Å². The third-order valence-corrected chi connectivity index (χ3v) is 2.66. The van der Waals surface area contributed by atoms with E-state index in [4.69, 9.17) is 4.74 Å².